The van der Waals surface area contributed by atoms with Crippen LogP contribution in [-0.2, 0) is 19.1 Å². The molecule has 11 heteroatoms. The molecule has 2 aromatic carbocycles. The zero-order valence-corrected chi connectivity index (χ0v) is 25.7. The molecule has 2 aliphatic carbocycles. The zero-order chi connectivity index (χ0) is 30.0. The summed E-state index contributed by atoms with van der Waals surface area (Å²) in [6.07, 6.45) is 0.811. The third-order valence-electron chi connectivity index (χ3n) is 9.29. The van der Waals surface area contributed by atoms with Crippen LogP contribution in [0.5, 0.6) is 11.5 Å². The Morgan fingerprint density at radius 1 is 0.953 bits per heavy atom. The predicted molar refractivity (Wildman–Crippen MR) is 162 cm³/mol. The summed E-state index contributed by atoms with van der Waals surface area (Å²) in [5.74, 6) is -0.524. The van der Waals surface area contributed by atoms with E-state index < -0.39 is 5.97 Å². The van der Waals surface area contributed by atoms with Crippen LogP contribution in [-0.4, -0.2) is 47.8 Å². The van der Waals surface area contributed by atoms with Gasteiger partial charge in [-0.05, 0) is 74.8 Å². The fraction of sp³-hybridized carbons (Fsp3) is 0.438. The topological polar surface area (TPSA) is 115 Å². The first-order valence-corrected chi connectivity index (χ1v) is 16.4. The molecule has 3 fully saturated rings. The molecule has 0 radical (unpaired) electrons. The van der Waals surface area contributed by atoms with E-state index in [-0.39, 0.29) is 70.7 Å². The smallest absolute Gasteiger partial charge is 0.344 e. The normalized spacial score (nSPS) is 28.4. The van der Waals surface area contributed by atoms with Gasteiger partial charge >= 0.3 is 10.8 Å². The minimum atomic E-state index is -0.463. The zero-order valence-electron chi connectivity index (χ0n) is 24.0. The highest BCUT2D eigenvalue weighted by molar-refractivity contribution is 8.00. The average Bonchev–Trinajstić information content (AvgIpc) is 3.72. The maximum Gasteiger partial charge on any atom is 0.344 e. The molecule has 2 bridgehead atoms. The van der Waals surface area contributed by atoms with Crippen molar-refractivity contribution in [2.75, 3.05) is 24.7 Å². The number of aromatic nitrogens is 1. The molecule has 7 atom stereocenters. The van der Waals surface area contributed by atoms with Crippen LogP contribution in [0.1, 0.15) is 42.2 Å². The lowest BCUT2D eigenvalue weighted by Gasteiger charge is -2.43. The van der Waals surface area contributed by atoms with Gasteiger partial charge in [0.25, 0.3) is 0 Å². The Labute approximate surface area is 256 Å². The van der Waals surface area contributed by atoms with Crippen LogP contribution in [0.25, 0.3) is 0 Å². The van der Waals surface area contributed by atoms with E-state index in [1.54, 1.807) is 24.8 Å². The lowest BCUT2D eigenvalue weighted by molar-refractivity contribution is -0.145. The van der Waals surface area contributed by atoms with Crippen LogP contribution in [0.15, 0.2) is 52.3 Å². The molecule has 3 heterocycles. The van der Waals surface area contributed by atoms with Crippen LogP contribution in [0, 0.1) is 36.5 Å². The minimum Gasteiger partial charge on any atom is -0.490 e. The number of carbonyl (C=O) groups excluding carboxylic acids is 3. The first-order valence-electron chi connectivity index (χ1n) is 14.7. The fourth-order valence-electron chi connectivity index (χ4n) is 7.78. The van der Waals surface area contributed by atoms with Crippen molar-refractivity contribution in [2.24, 2.45) is 29.6 Å². The molecular weight excluding hydrogens is 588 g/mol. The highest BCUT2D eigenvalue weighted by Gasteiger charge is 2.69. The van der Waals surface area contributed by atoms with Crippen molar-refractivity contribution in [3.63, 3.8) is 0 Å². The third kappa shape index (κ3) is 4.50. The molecule has 7 rings (SSSR count). The van der Waals surface area contributed by atoms with Crippen LogP contribution < -0.4 is 19.2 Å². The van der Waals surface area contributed by atoms with Gasteiger partial charge in [0.05, 0.1) is 35.8 Å². The van der Waals surface area contributed by atoms with Crippen LogP contribution in [0.2, 0.25) is 0 Å². The predicted octanol–water partition coefficient (Wildman–Crippen LogP) is 4.76. The number of H-pyrrole nitrogens is 1. The number of thioether (sulfide) groups is 1. The van der Waals surface area contributed by atoms with Crippen molar-refractivity contribution < 1.29 is 28.6 Å². The first kappa shape index (κ1) is 28.2. The van der Waals surface area contributed by atoms with Crippen LogP contribution in [0.3, 0.4) is 0 Å². The lowest BCUT2D eigenvalue weighted by Crippen LogP contribution is -2.42. The summed E-state index contributed by atoms with van der Waals surface area (Å²) in [6, 6.07) is 13.2. The molecule has 2 amide bonds. The summed E-state index contributed by atoms with van der Waals surface area (Å²) in [4.78, 5) is 57.6. The van der Waals surface area contributed by atoms with Crippen molar-refractivity contribution in [1.29, 1.82) is 0 Å². The molecule has 3 aromatic rings. The molecular formula is C32H32N2O7S2. The molecule has 1 aromatic heterocycles. The van der Waals surface area contributed by atoms with Gasteiger partial charge in [-0.1, -0.05) is 35.1 Å². The van der Waals surface area contributed by atoms with Gasteiger partial charge in [-0.15, -0.1) is 11.8 Å². The van der Waals surface area contributed by atoms with E-state index in [1.807, 2.05) is 50.2 Å². The number of rotatable bonds is 8. The number of hydrogen-bond acceptors (Lipinski definition) is 9. The number of carbonyl (C=O) groups is 3. The Morgan fingerprint density at radius 3 is 2.42 bits per heavy atom. The number of anilines is 1. The van der Waals surface area contributed by atoms with Crippen molar-refractivity contribution in [2.45, 2.75) is 43.4 Å². The summed E-state index contributed by atoms with van der Waals surface area (Å²) < 4.78 is 16.7. The Kier molecular flexibility index (Phi) is 7.12. The maximum absolute atomic E-state index is 14.0. The highest BCUT2D eigenvalue weighted by atomic mass is 32.2. The number of aryl methyl sites for hydroxylation is 1. The second-order valence-corrected chi connectivity index (χ2v) is 13.7. The molecule has 0 unspecified atom stereocenters. The van der Waals surface area contributed by atoms with E-state index in [1.165, 1.54) is 16.2 Å². The minimum absolute atomic E-state index is 0.00466. The average molecular weight is 621 g/mol. The second-order valence-electron chi connectivity index (χ2n) is 11.5. The van der Waals surface area contributed by atoms with E-state index in [2.05, 4.69) is 4.98 Å². The van der Waals surface area contributed by atoms with Crippen LogP contribution >= 0.6 is 23.1 Å². The van der Waals surface area contributed by atoms with Gasteiger partial charge < -0.3 is 19.2 Å². The van der Waals surface area contributed by atoms with Gasteiger partial charge in [-0.3, -0.25) is 19.3 Å². The van der Waals surface area contributed by atoms with Gasteiger partial charge in [-0.25, -0.2) is 4.79 Å². The SMILES string of the molecule is CCOC(=O)COc1ccc([C@@H]2c3sc(=O)[nH]c3S[C@@H]3[C@@H]4C[C@@H]([C@@H]5C(=O)N(c6ccc(C)cc6)C(=O)[C@@H]45)[C@H]23)cc1OCC. The van der Waals surface area contributed by atoms with E-state index in [9.17, 15) is 19.2 Å². The standard InChI is InChI=1S/C32H32N2O7S2/c1-4-39-21-12-16(8-11-20(21)41-14-22(35)40-5-2)23-24-18-13-19(27(24)42-29-28(23)43-32(38)33-29)26-25(18)30(36)34(31(26)37)17-9-6-15(3)7-10-17/h6-12,18-19,23-27H,4-5,13-14H2,1-3H3,(H,33,38)/t18-,19-,23+,24-,25+,26+,27-/m1/s1. The Hall–Kier alpha value is -3.57. The molecule has 9 nitrogen and oxygen atoms in total. The number of aromatic amines is 1. The van der Waals surface area contributed by atoms with Crippen molar-refractivity contribution in [3.05, 3.63) is 68.1 Å². The molecule has 2 aliphatic heterocycles. The van der Waals surface area contributed by atoms with Gasteiger partial charge in [0, 0.05) is 16.0 Å². The summed E-state index contributed by atoms with van der Waals surface area (Å²) in [7, 11) is 0. The summed E-state index contributed by atoms with van der Waals surface area (Å²) in [5, 5.41) is 0.928. The van der Waals surface area contributed by atoms with Crippen molar-refractivity contribution in [3.8, 4) is 11.5 Å². The molecule has 1 saturated heterocycles. The van der Waals surface area contributed by atoms with Crippen LogP contribution in [0.4, 0.5) is 5.69 Å². The molecule has 1 N–H and O–H groups in total. The quantitative estimate of drug-likeness (QED) is 0.283. The summed E-state index contributed by atoms with van der Waals surface area (Å²) in [5.41, 5.74) is 2.65. The molecule has 4 aliphatic rings. The molecule has 43 heavy (non-hydrogen) atoms. The van der Waals surface area contributed by atoms with E-state index in [4.69, 9.17) is 14.2 Å². The van der Waals surface area contributed by atoms with Gasteiger partial charge in [0.1, 0.15) is 0 Å². The summed E-state index contributed by atoms with van der Waals surface area (Å²) in [6.45, 7) is 6.03. The number of amides is 2. The summed E-state index contributed by atoms with van der Waals surface area (Å²) >= 11 is 2.87. The highest BCUT2D eigenvalue weighted by Crippen LogP contribution is 2.68. The van der Waals surface area contributed by atoms with Gasteiger partial charge in [0.15, 0.2) is 18.1 Å². The Morgan fingerprint density at radius 2 is 1.70 bits per heavy atom. The monoisotopic (exact) mass is 620 g/mol. The van der Waals surface area contributed by atoms with Crippen molar-refractivity contribution in [1.82, 2.24) is 4.98 Å². The number of imide groups is 1. The van der Waals surface area contributed by atoms with Gasteiger partial charge in [0.2, 0.25) is 11.8 Å². The number of ether oxygens (including phenoxy) is 3. The number of nitrogens with one attached hydrogen (secondary N) is 1. The number of hydrogen-bond donors (Lipinski definition) is 1. The molecule has 2 saturated carbocycles. The second kappa shape index (κ2) is 10.9. The van der Waals surface area contributed by atoms with E-state index >= 15 is 0 Å². The maximum atomic E-state index is 14.0. The largest absolute Gasteiger partial charge is 0.490 e. The Balaban J connectivity index is 1.26. The number of thiazole rings is 1. The first-order chi connectivity index (χ1) is 20.8. The number of fused-ring (bicyclic) bond motifs is 9. The number of nitrogens with zero attached hydrogens (tertiary/aromatic N) is 1. The van der Waals surface area contributed by atoms with Gasteiger partial charge in [-0.2, -0.15) is 0 Å². The Bertz CT molecular complexity index is 1660. The van der Waals surface area contributed by atoms with E-state index in [0.717, 1.165) is 27.5 Å². The molecule has 0 spiro atoms. The fourth-order valence-corrected chi connectivity index (χ4v) is 10.7. The molecule has 224 valence electrons. The third-order valence-corrected chi connectivity index (χ3v) is 11.9. The lowest BCUT2D eigenvalue weighted by atomic mass is 9.68. The number of esters is 1. The van der Waals surface area contributed by atoms with E-state index in [0.29, 0.717) is 23.8 Å². The number of benzene rings is 2. The van der Waals surface area contributed by atoms with Crippen molar-refractivity contribution >= 4 is 46.6 Å².